The van der Waals surface area contributed by atoms with Crippen molar-refractivity contribution in [2.24, 2.45) is 0 Å². The van der Waals surface area contributed by atoms with Gasteiger partial charge in [0.15, 0.2) is 14.7 Å². The molecule has 1 N–H and O–H groups in total. The number of unbranched alkanes of at least 4 members (excludes halogenated alkanes) is 1. The Morgan fingerprint density at radius 3 is 2.19 bits per heavy atom. The number of amides is 1. The van der Waals surface area contributed by atoms with Gasteiger partial charge in [0.2, 0.25) is 0 Å². The molecule has 0 aliphatic carbocycles. The highest BCUT2D eigenvalue weighted by atomic mass is 32.2. The zero-order chi connectivity index (χ0) is 22.9. The molecule has 8 heteroatoms. The maximum Gasteiger partial charge on any atom is 0.407 e. The standard InChI is InChI=1S/C23H31NO6S/c1-23(2,3)30-22(25)24-15-8-9-16-28-19-13-10-14-20(21(19)31(4,26)27)29-17-18-11-6-5-7-12-18/h5-7,10-14H,8-9,15-17H2,1-4H3,(H,24,25). The number of benzene rings is 2. The molecule has 0 saturated heterocycles. The van der Waals surface area contributed by atoms with Crippen LogP contribution in [0.15, 0.2) is 53.4 Å². The summed E-state index contributed by atoms with van der Waals surface area (Å²) in [6.45, 7) is 6.41. The summed E-state index contributed by atoms with van der Waals surface area (Å²) >= 11 is 0. The molecule has 1 amide bonds. The number of sulfone groups is 1. The van der Waals surface area contributed by atoms with Crippen molar-refractivity contribution in [2.45, 2.75) is 50.7 Å². The minimum absolute atomic E-state index is 0.0396. The SMILES string of the molecule is CC(C)(C)OC(=O)NCCCCOc1cccc(OCc2ccccc2)c1S(C)(=O)=O. The van der Waals surface area contributed by atoms with Crippen molar-refractivity contribution < 1.29 is 27.4 Å². The summed E-state index contributed by atoms with van der Waals surface area (Å²) in [4.78, 5) is 11.7. The maximum atomic E-state index is 12.4. The van der Waals surface area contributed by atoms with Crippen molar-refractivity contribution in [3.63, 3.8) is 0 Å². The van der Waals surface area contributed by atoms with Crippen LogP contribution in [0.5, 0.6) is 11.5 Å². The number of hydrogen-bond donors (Lipinski definition) is 1. The lowest BCUT2D eigenvalue weighted by Gasteiger charge is -2.19. The lowest BCUT2D eigenvalue weighted by atomic mass is 10.2. The number of carbonyl (C=O) groups is 1. The van der Waals surface area contributed by atoms with Gasteiger partial charge in [-0.2, -0.15) is 0 Å². The number of alkyl carbamates (subject to hydrolysis) is 1. The number of nitrogens with one attached hydrogen (secondary N) is 1. The van der Waals surface area contributed by atoms with Crippen molar-refractivity contribution in [1.29, 1.82) is 0 Å². The topological polar surface area (TPSA) is 90.9 Å². The number of hydrogen-bond acceptors (Lipinski definition) is 6. The van der Waals surface area contributed by atoms with Crippen LogP contribution in [-0.4, -0.2) is 39.5 Å². The van der Waals surface area contributed by atoms with Gasteiger partial charge in [0.1, 0.15) is 23.7 Å². The molecular formula is C23H31NO6S. The molecule has 0 unspecified atom stereocenters. The molecule has 0 saturated carbocycles. The molecule has 0 aliphatic rings. The molecule has 170 valence electrons. The fraction of sp³-hybridized carbons (Fsp3) is 0.435. The van der Waals surface area contributed by atoms with Crippen LogP contribution in [0.25, 0.3) is 0 Å². The minimum atomic E-state index is -3.57. The molecule has 0 aromatic heterocycles. The second kappa shape index (κ2) is 11.0. The molecule has 0 fully saturated rings. The average molecular weight is 450 g/mol. The quantitative estimate of drug-likeness (QED) is 0.542. The van der Waals surface area contributed by atoms with Crippen molar-refractivity contribution in [1.82, 2.24) is 5.32 Å². The largest absolute Gasteiger partial charge is 0.492 e. The van der Waals surface area contributed by atoms with E-state index in [1.807, 2.05) is 30.3 Å². The summed E-state index contributed by atoms with van der Waals surface area (Å²) in [6, 6.07) is 14.5. The van der Waals surface area contributed by atoms with Crippen LogP contribution in [0.2, 0.25) is 0 Å². The second-order valence-electron chi connectivity index (χ2n) is 8.11. The highest BCUT2D eigenvalue weighted by Crippen LogP contribution is 2.33. The van der Waals surface area contributed by atoms with E-state index >= 15 is 0 Å². The van der Waals surface area contributed by atoms with Gasteiger partial charge < -0.3 is 19.5 Å². The normalized spacial score (nSPS) is 11.6. The second-order valence-corrected chi connectivity index (χ2v) is 10.1. The third-order valence-electron chi connectivity index (χ3n) is 4.05. The first kappa shape index (κ1) is 24.5. The molecule has 2 aromatic rings. The Bertz CT molecular complexity index is 952. The fourth-order valence-electron chi connectivity index (χ4n) is 2.74. The molecule has 0 atom stereocenters. The van der Waals surface area contributed by atoms with Gasteiger partial charge in [-0.25, -0.2) is 13.2 Å². The van der Waals surface area contributed by atoms with E-state index in [1.54, 1.807) is 39.0 Å². The molecule has 0 aliphatic heterocycles. The van der Waals surface area contributed by atoms with Gasteiger partial charge in [-0.1, -0.05) is 36.4 Å². The van der Waals surface area contributed by atoms with E-state index in [0.29, 0.717) is 26.0 Å². The Kier molecular flexibility index (Phi) is 8.74. The summed E-state index contributed by atoms with van der Waals surface area (Å²) in [5.41, 5.74) is 0.397. The first-order valence-corrected chi connectivity index (χ1v) is 12.0. The van der Waals surface area contributed by atoms with Crippen LogP contribution >= 0.6 is 0 Å². The molecule has 2 rings (SSSR count). The van der Waals surface area contributed by atoms with E-state index in [2.05, 4.69) is 5.32 Å². The first-order valence-electron chi connectivity index (χ1n) is 10.2. The van der Waals surface area contributed by atoms with Crippen LogP contribution in [0.3, 0.4) is 0 Å². The smallest absolute Gasteiger partial charge is 0.407 e. The summed E-state index contributed by atoms with van der Waals surface area (Å²) in [5.74, 6) is 0.517. The van der Waals surface area contributed by atoms with Gasteiger partial charge >= 0.3 is 6.09 Å². The Labute approximate surface area is 184 Å². The highest BCUT2D eigenvalue weighted by Gasteiger charge is 2.21. The Balaban J connectivity index is 1.91. The molecule has 0 radical (unpaired) electrons. The Morgan fingerprint density at radius 1 is 0.935 bits per heavy atom. The highest BCUT2D eigenvalue weighted by molar-refractivity contribution is 7.91. The van der Waals surface area contributed by atoms with E-state index in [4.69, 9.17) is 14.2 Å². The predicted octanol–water partition coefficient (Wildman–Crippen LogP) is 4.35. The van der Waals surface area contributed by atoms with E-state index < -0.39 is 21.5 Å². The van der Waals surface area contributed by atoms with Gasteiger partial charge in [0.05, 0.1) is 6.61 Å². The summed E-state index contributed by atoms with van der Waals surface area (Å²) in [7, 11) is -3.57. The third-order valence-corrected chi connectivity index (χ3v) is 5.19. The minimum Gasteiger partial charge on any atom is -0.492 e. The maximum absolute atomic E-state index is 12.4. The van der Waals surface area contributed by atoms with Crippen molar-refractivity contribution in [3.8, 4) is 11.5 Å². The lowest BCUT2D eigenvalue weighted by Crippen LogP contribution is -2.33. The number of ether oxygens (including phenoxy) is 3. The summed E-state index contributed by atoms with van der Waals surface area (Å²) in [5, 5.41) is 2.68. The van der Waals surface area contributed by atoms with Gasteiger partial charge in [-0.3, -0.25) is 0 Å². The Hall–Kier alpha value is -2.74. The molecule has 7 nitrogen and oxygen atoms in total. The molecule has 31 heavy (non-hydrogen) atoms. The van der Waals surface area contributed by atoms with Crippen LogP contribution in [0.1, 0.15) is 39.2 Å². The monoisotopic (exact) mass is 449 g/mol. The summed E-state index contributed by atoms with van der Waals surface area (Å²) < 4.78 is 41.5. The van der Waals surface area contributed by atoms with Crippen molar-refractivity contribution in [3.05, 3.63) is 54.1 Å². The number of carbonyl (C=O) groups excluding carboxylic acids is 1. The number of rotatable bonds is 10. The molecule has 0 heterocycles. The average Bonchev–Trinajstić information content (AvgIpc) is 2.67. The zero-order valence-corrected chi connectivity index (χ0v) is 19.3. The first-order chi connectivity index (χ1) is 14.6. The van der Waals surface area contributed by atoms with E-state index in [0.717, 1.165) is 11.8 Å². The van der Waals surface area contributed by atoms with E-state index in [1.165, 1.54) is 0 Å². The van der Waals surface area contributed by atoms with Gasteiger partial charge in [-0.15, -0.1) is 0 Å². The van der Waals surface area contributed by atoms with Gasteiger partial charge in [-0.05, 0) is 51.3 Å². The summed E-state index contributed by atoms with van der Waals surface area (Å²) in [6.07, 6.45) is 1.97. The Morgan fingerprint density at radius 2 is 1.58 bits per heavy atom. The lowest BCUT2D eigenvalue weighted by molar-refractivity contribution is 0.0526. The van der Waals surface area contributed by atoms with Gasteiger partial charge in [0.25, 0.3) is 0 Å². The molecule has 0 bridgehead atoms. The van der Waals surface area contributed by atoms with Crippen LogP contribution in [-0.2, 0) is 21.2 Å². The fourth-order valence-corrected chi connectivity index (χ4v) is 3.72. The van der Waals surface area contributed by atoms with Crippen LogP contribution in [0, 0.1) is 0 Å². The van der Waals surface area contributed by atoms with Crippen molar-refractivity contribution in [2.75, 3.05) is 19.4 Å². The third kappa shape index (κ3) is 8.88. The van der Waals surface area contributed by atoms with E-state index in [-0.39, 0.29) is 23.0 Å². The predicted molar refractivity (Wildman–Crippen MR) is 119 cm³/mol. The molecule has 2 aromatic carbocycles. The van der Waals surface area contributed by atoms with Gasteiger partial charge in [0, 0.05) is 12.8 Å². The van der Waals surface area contributed by atoms with Crippen LogP contribution in [0.4, 0.5) is 4.79 Å². The van der Waals surface area contributed by atoms with E-state index in [9.17, 15) is 13.2 Å². The molecule has 0 spiro atoms. The molecular weight excluding hydrogens is 418 g/mol. The van der Waals surface area contributed by atoms with Crippen LogP contribution < -0.4 is 14.8 Å². The zero-order valence-electron chi connectivity index (χ0n) is 18.5. The van der Waals surface area contributed by atoms with Crippen molar-refractivity contribution >= 4 is 15.9 Å².